The van der Waals surface area contributed by atoms with Gasteiger partial charge in [-0.2, -0.15) is 0 Å². The van der Waals surface area contributed by atoms with E-state index in [9.17, 15) is 0 Å². The Morgan fingerprint density at radius 2 is 1.31 bits per heavy atom. The van der Waals surface area contributed by atoms with Crippen molar-refractivity contribution >= 4 is 22.0 Å². The maximum absolute atomic E-state index is 8.56. The van der Waals surface area contributed by atoms with Crippen LogP contribution in [-0.4, -0.2) is 65.7 Å². The van der Waals surface area contributed by atoms with E-state index < -0.39 is 22.0 Å². The Balaban J connectivity index is 2.34. The van der Waals surface area contributed by atoms with Crippen molar-refractivity contribution < 1.29 is 37.9 Å². The van der Waals surface area contributed by atoms with Crippen LogP contribution in [0.3, 0.4) is 0 Å². The van der Waals surface area contributed by atoms with Crippen LogP contribution in [0.2, 0.25) is 0 Å². The second-order valence-corrected chi connectivity index (χ2v) is 2.70. The molecule has 0 aliphatic carbocycles. The maximum atomic E-state index is 8.56. The first-order chi connectivity index (χ1) is 7.80. The molecule has 11 heteroatoms. The van der Waals surface area contributed by atoms with Crippen LogP contribution in [0, 0.1) is 0 Å². The van der Waals surface area contributed by atoms with Crippen LogP contribution in [0.5, 0.6) is 0 Å². The molecule has 90 valence electrons. The molecule has 0 aromatic heterocycles. The molecule has 0 unspecified atom stereocenters. The monoisotopic (exact) mass is 234 g/mol. The molecule has 1 aliphatic heterocycles. The van der Waals surface area contributed by atoms with Crippen LogP contribution in [0.25, 0.3) is 0 Å². The van der Waals surface area contributed by atoms with E-state index in [1.807, 2.05) is 0 Å². The zero-order valence-electron chi connectivity index (χ0n) is 8.90. The van der Waals surface area contributed by atoms with Gasteiger partial charge >= 0.3 is 22.0 Å². The molecule has 0 aromatic carbocycles. The molecule has 0 radical (unpaired) electrons. The van der Waals surface area contributed by atoms with Crippen molar-refractivity contribution in [3.05, 3.63) is 0 Å². The average molecular weight is 234 g/mol. The van der Waals surface area contributed by atoms with E-state index in [0.717, 1.165) is 0 Å². The standard InChI is InChI=1S/C5H13B3O8/c1-11-6-14-7(12-4-2-9)16-8(15-6)13-5-3-10/h9-10H,2-5H2,1H3. The van der Waals surface area contributed by atoms with E-state index >= 15 is 0 Å². The first kappa shape index (κ1) is 13.9. The minimum atomic E-state index is -1.05. The predicted octanol–water partition coefficient (Wildman–Crippen LogP) is -2.33. The van der Waals surface area contributed by atoms with Gasteiger partial charge in [-0.3, -0.25) is 0 Å². The normalized spacial score (nSPS) is 17.1. The lowest BCUT2D eigenvalue weighted by Gasteiger charge is -2.27. The number of hydrogen-bond donors (Lipinski definition) is 2. The first-order valence-electron chi connectivity index (χ1n) is 4.74. The quantitative estimate of drug-likeness (QED) is 0.473. The van der Waals surface area contributed by atoms with Gasteiger partial charge in [0.05, 0.1) is 26.4 Å². The summed E-state index contributed by atoms with van der Waals surface area (Å²) in [5.41, 5.74) is 0. The Morgan fingerprint density at radius 1 is 0.875 bits per heavy atom. The molecule has 0 spiro atoms. The first-order valence-corrected chi connectivity index (χ1v) is 4.74. The minimum Gasteiger partial charge on any atom is -0.400 e. The lowest BCUT2D eigenvalue weighted by atomic mass is 9.97. The lowest BCUT2D eigenvalue weighted by molar-refractivity contribution is 0.0597. The highest BCUT2D eigenvalue weighted by atomic mass is 16.9. The largest absolute Gasteiger partial charge is 0.615 e. The summed E-state index contributed by atoms with van der Waals surface area (Å²) >= 11 is 0. The number of hydrogen-bond acceptors (Lipinski definition) is 8. The van der Waals surface area contributed by atoms with Crippen LogP contribution in [0.4, 0.5) is 0 Å². The third kappa shape index (κ3) is 4.81. The summed E-state index contributed by atoms with van der Waals surface area (Å²) in [6.07, 6.45) is 0. The van der Waals surface area contributed by atoms with Gasteiger partial charge in [0.25, 0.3) is 0 Å². The van der Waals surface area contributed by atoms with Gasteiger partial charge in [-0.05, 0) is 0 Å². The van der Waals surface area contributed by atoms with Gasteiger partial charge in [0.15, 0.2) is 0 Å². The Morgan fingerprint density at radius 3 is 1.69 bits per heavy atom. The van der Waals surface area contributed by atoms with E-state index in [1.165, 1.54) is 7.11 Å². The molecule has 0 atom stereocenters. The summed E-state index contributed by atoms with van der Waals surface area (Å²) in [7, 11) is -1.70. The Hall–Kier alpha value is -0.125. The topological polar surface area (TPSA) is 95.8 Å². The van der Waals surface area contributed by atoms with E-state index in [1.54, 1.807) is 0 Å². The number of rotatable bonds is 7. The van der Waals surface area contributed by atoms with Gasteiger partial charge in [-0.25, -0.2) is 0 Å². The summed E-state index contributed by atoms with van der Waals surface area (Å²) in [6.45, 7) is -0.227. The van der Waals surface area contributed by atoms with Crippen LogP contribution in [0.1, 0.15) is 0 Å². The zero-order valence-corrected chi connectivity index (χ0v) is 8.90. The average Bonchev–Trinajstić information content (AvgIpc) is 2.33. The summed E-state index contributed by atoms with van der Waals surface area (Å²) in [6, 6.07) is 0. The molecule has 1 rings (SSSR count). The molecule has 0 amide bonds. The van der Waals surface area contributed by atoms with Crippen LogP contribution in [-0.2, 0) is 27.7 Å². The highest BCUT2D eigenvalue weighted by molar-refractivity contribution is 6.66. The van der Waals surface area contributed by atoms with Gasteiger partial charge in [0, 0.05) is 7.11 Å². The van der Waals surface area contributed by atoms with Crippen LogP contribution in [0.15, 0.2) is 0 Å². The van der Waals surface area contributed by atoms with Crippen LogP contribution < -0.4 is 0 Å². The van der Waals surface area contributed by atoms with Gasteiger partial charge in [0.2, 0.25) is 0 Å². The fourth-order valence-corrected chi connectivity index (χ4v) is 0.934. The summed E-state index contributed by atoms with van der Waals surface area (Å²) < 4.78 is 29.8. The van der Waals surface area contributed by atoms with Gasteiger partial charge in [-0.1, -0.05) is 0 Å². The van der Waals surface area contributed by atoms with E-state index in [-0.39, 0.29) is 26.4 Å². The highest BCUT2D eigenvalue weighted by Gasteiger charge is 2.45. The molecule has 0 aromatic rings. The summed E-state index contributed by atoms with van der Waals surface area (Å²) in [5, 5.41) is 17.1. The molecule has 1 saturated heterocycles. The minimum absolute atomic E-state index is 0.0494. The molecule has 16 heavy (non-hydrogen) atoms. The van der Waals surface area contributed by atoms with Gasteiger partial charge in [0.1, 0.15) is 0 Å². The van der Waals surface area contributed by atoms with Gasteiger partial charge < -0.3 is 37.9 Å². The Kier molecular flexibility index (Phi) is 7.00. The molecule has 8 nitrogen and oxygen atoms in total. The van der Waals surface area contributed by atoms with E-state index in [4.69, 9.17) is 37.9 Å². The third-order valence-corrected chi connectivity index (χ3v) is 1.55. The summed E-state index contributed by atoms with van der Waals surface area (Å²) in [4.78, 5) is 0. The van der Waals surface area contributed by atoms with Crippen molar-refractivity contribution in [1.82, 2.24) is 0 Å². The molecule has 1 heterocycles. The molecule has 1 aliphatic rings. The van der Waals surface area contributed by atoms with Crippen LogP contribution >= 0.6 is 0 Å². The van der Waals surface area contributed by atoms with Crippen molar-refractivity contribution in [1.29, 1.82) is 0 Å². The zero-order chi connectivity index (χ0) is 11.8. The molecule has 0 saturated carbocycles. The van der Waals surface area contributed by atoms with Gasteiger partial charge in [-0.15, -0.1) is 0 Å². The second kappa shape index (κ2) is 8.04. The third-order valence-electron chi connectivity index (χ3n) is 1.55. The lowest BCUT2D eigenvalue weighted by Crippen LogP contribution is -2.52. The summed E-state index contributed by atoms with van der Waals surface area (Å²) in [5.74, 6) is 0. The Bertz CT molecular complexity index is 169. The van der Waals surface area contributed by atoms with Crippen molar-refractivity contribution in [2.24, 2.45) is 0 Å². The smallest absolute Gasteiger partial charge is 0.400 e. The Labute approximate surface area is 94.2 Å². The second-order valence-electron chi connectivity index (χ2n) is 2.70. The number of aliphatic hydroxyl groups excluding tert-OH is 2. The highest BCUT2D eigenvalue weighted by Crippen LogP contribution is 2.10. The molecule has 1 fully saturated rings. The molecule has 0 bridgehead atoms. The van der Waals surface area contributed by atoms with Crippen molar-refractivity contribution in [3.8, 4) is 0 Å². The SMILES string of the molecule is COB1OB(OCCO)OB(OCCO)O1. The fourth-order valence-electron chi connectivity index (χ4n) is 0.934. The predicted molar refractivity (Wildman–Crippen MR) is 53.6 cm³/mol. The van der Waals surface area contributed by atoms with E-state index in [2.05, 4.69) is 0 Å². The van der Waals surface area contributed by atoms with E-state index in [0.29, 0.717) is 0 Å². The van der Waals surface area contributed by atoms with Crippen molar-refractivity contribution in [2.45, 2.75) is 0 Å². The fraction of sp³-hybridized carbons (Fsp3) is 1.00. The van der Waals surface area contributed by atoms with Crippen molar-refractivity contribution in [3.63, 3.8) is 0 Å². The molecule has 2 N–H and O–H groups in total. The molecular formula is C5H13B3O8. The molecular weight excluding hydrogens is 220 g/mol. The van der Waals surface area contributed by atoms with Crippen molar-refractivity contribution in [2.75, 3.05) is 33.5 Å². The maximum Gasteiger partial charge on any atom is 0.615 e. The number of aliphatic hydroxyl groups is 2.